The van der Waals surface area contributed by atoms with E-state index in [0.29, 0.717) is 22.4 Å². The van der Waals surface area contributed by atoms with E-state index in [9.17, 15) is 0 Å². The lowest BCUT2D eigenvalue weighted by Gasteiger charge is -2.11. The third-order valence-electron chi connectivity index (χ3n) is 2.40. The van der Waals surface area contributed by atoms with Crippen molar-refractivity contribution in [3.63, 3.8) is 0 Å². The van der Waals surface area contributed by atoms with Crippen LogP contribution >= 0.6 is 23.2 Å². The van der Waals surface area contributed by atoms with Gasteiger partial charge in [0.1, 0.15) is 5.84 Å². The molecule has 1 aliphatic rings. The van der Waals surface area contributed by atoms with Gasteiger partial charge >= 0.3 is 0 Å². The highest BCUT2D eigenvalue weighted by Crippen LogP contribution is 2.34. The van der Waals surface area contributed by atoms with Crippen LogP contribution in [0.1, 0.15) is 18.9 Å². The number of nitrogens with zero attached hydrogens (tertiary/aromatic N) is 1. The normalized spacial score (nSPS) is 14.4. The van der Waals surface area contributed by atoms with Crippen molar-refractivity contribution in [2.24, 2.45) is 4.99 Å². The van der Waals surface area contributed by atoms with E-state index in [1.54, 1.807) is 0 Å². The van der Waals surface area contributed by atoms with Crippen LogP contribution in [-0.4, -0.2) is 25.5 Å². The molecule has 0 amide bonds. The number of benzene rings is 1. The molecule has 0 fully saturated rings. The summed E-state index contributed by atoms with van der Waals surface area (Å²) < 4.78 is 5.51. The Labute approximate surface area is 111 Å². The molecule has 0 spiro atoms. The Hall–Kier alpha value is -0.930. The predicted molar refractivity (Wildman–Crippen MR) is 71.7 cm³/mol. The van der Waals surface area contributed by atoms with E-state index in [2.05, 4.69) is 10.3 Å². The fourth-order valence-electron chi connectivity index (χ4n) is 1.63. The fraction of sp³-hybridized carbons (Fsp3) is 0.417. The van der Waals surface area contributed by atoms with Crippen molar-refractivity contribution in [2.75, 3.05) is 19.7 Å². The number of hydrogen-bond acceptors (Lipinski definition) is 3. The Bertz CT molecular complexity index is 423. The lowest BCUT2D eigenvalue weighted by atomic mass is 10.2. The van der Waals surface area contributed by atoms with Gasteiger partial charge in [0.25, 0.3) is 0 Å². The Morgan fingerprint density at radius 1 is 1.35 bits per heavy atom. The quantitative estimate of drug-likeness (QED) is 0.914. The average molecular weight is 273 g/mol. The number of halogens is 2. The standard InChI is InChI=1S/C12H14Cl2N2O/c1-2-5-17-11-9(13)6-8(7-10(11)14)12-15-3-4-16-12/h6-7H,2-5H2,1H3,(H,15,16). The second-order valence-electron chi connectivity index (χ2n) is 3.77. The molecule has 0 saturated carbocycles. The van der Waals surface area contributed by atoms with E-state index >= 15 is 0 Å². The van der Waals surface area contributed by atoms with Gasteiger partial charge in [0, 0.05) is 12.1 Å². The topological polar surface area (TPSA) is 33.6 Å². The SMILES string of the molecule is CCCOc1c(Cl)cc(C2=NCCN2)cc1Cl. The second-order valence-corrected chi connectivity index (χ2v) is 4.59. The zero-order valence-electron chi connectivity index (χ0n) is 9.59. The van der Waals surface area contributed by atoms with Gasteiger partial charge in [0.05, 0.1) is 23.2 Å². The van der Waals surface area contributed by atoms with Gasteiger partial charge in [-0.15, -0.1) is 0 Å². The molecule has 17 heavy (non-hydrogen) atoms. The molecule has 0 saturated heterocycles. The molecule has 0 aliphatic carbocycles. The molecule has 1 aromatic carbocycles. The Balaban J connectivity index is 2.27. The maximum atomic E-state index is 6.16. The first-order chi connectivity index (χ1) is 8.22. The number of ether oxygens (including phenoxy) is 1. The van der Waals surface area contributed by atoms with Gasteiger partial charge in [-0.3, -0.25) is 4.99 Å². The minimum absolute atomic E-state index is 0.525. The number of amidine groups is 1. The van der Waals surface area contributed by atoms with Crippen LogP contribution in [0.4, 0.5) is 0 Å². The molecule has 92 valence electrons. The first-order valence-corrected chi connectivity index (χ1v) is 6.38. The fourth-order valence-corrected chi connectivity index (χ4v) is 2.23. The molecule has 1 N–H and O–H groups in total. The zero-order valence-corrected chi connectivity index (χ0v) is 11.1. The first-order valence-electron chi connectivity index (χ1n) is 5.63. The van der Waals surface area contributed by atoms with Crippen molar-refractivity contribution < 1.29 is 4.74 Å². The molecule has 1 aliphatic heterocycles. The van der Waals surface area contributed by atoms with E-state index in [-0.39, 0.29) is 0 Å². The molecular formula is C12H14Cl2N2O. The first kappa shape index (κ1) is 12.5. The monoisotopic (exact) mass is 272 g/mol. The smallest absolute Gasteiger partial charge is 0.156 e. The summed E-state index contributed by atoms with van der Waals surface area (Å²) in [6, 6.07) is 3.66. The largest absolute Gasteiger partial charge is 0.490 e. The van der Waals surface area contributed by atoms with Gasteiger partial charge in [-0.2, -0.15) is 0 Å². The minimum atomic E-state index is 0.525. The number of nitrogens with one attached hydrogen (secondary N) is 1. The summed E-state index contributed by atoms with van der Waals surface area (Å²) >= 11 is 12.3. The molecule has 0 unspecified atom stereocenters. The van der Waals surface area contributed by atoms with Crippen molar-refractivity contribution in [1.82, 2.24) is 5.32 Å². The van der Waals surface area contributed by atoms with Gasteiger partial charge in [-0.1, -0.05) is 30.1 Å². The Morgan fingerprint density at radius 3 is 2.59 bits per heavy atom. The van der Waals surface area contributed by atoms with Crippen LogP contribution in [-0.2, 0) is 0 Å². The highest BCUT2D eigenvalue weighted by atomic mass is 35.5. The van der Waals surface area contributed by atoms with Gasteiger partial charge in [0.2, 0.25) is 0 Å². The summed E-state index contributed by atoms with van der Waals surface area (Å²) in [7, 11) is 0. The van der Waals surface area contributed by atoms with Crippen LogP contribution in [0.3, 0.4) is 0 Å². The Kier molecular flexibility index (Phi) is 4.13. The van der Waals surface area contributed by atoms with Gasteiger partial charge in [-0.25, -0.2) is 0 Å². The third kappa shape index (κ3) is 2.85. The summed E-state index contributed by atoms with van der Waals surface area (Å²) in [4.78, 5) is 4.33. The maximum Gasteiger partial charge on any atom is 0.156 e. The van der Waals surface area contributed by atoms with Crippen molar-refractivity contribution in [3.05, 3.63) is 27.7 Å². The maximum absolute atomic E-state index is 6.16. The molecule has 5 heteroatoms. The molecule has 0 radical (unpaired) electrons. The summed E-state index contributed by atoms with van der Waals surface area (Å²) in [5.74, 6) is 1.40. The highest BCUT2D eigenvalue weighted by molar-refractivity contribution is 6.37. The van der Waals surface area contributed by atoms with E-state index < -0.39 is 0 Å². The molecule has 1 heterocycles. The molecule has 2 rings (SSSR count). The lowest BCUT2D eigenvalue weighted by molar-refractivity contribution is 0.318. The zero-order chi connectivity index (χ0) is 12.3. The second kappa shape index (κ2) is 5.61. The highest BCUT2D eigenvalue weighted by Gasteiger charge is 2.14. The van der Waals surface area contributed by atoms with Crippen molar-refractivity contribution >= 4 is 29.0 Å². The number of rotatable bonds is 4. The van der Waals surface area contributed by atoms with Crippen LogP contribution in [0.25, 0.3) is 0 Å². The van der Waals surface area contributed by atoms with E-state index in [4.69, 9.17) is 27.9 Å². The third-order valence-corrected chi connectivity index (χ3v) is 2.96. The summed E-state index contributed by atoms with van der Waals surface area (Å²) in [6.45, 7) is 4.29. The average Bonchev–Trinajstić information content (AvgIpc) is 2.81. The molecule has 0 atom stereocenters. The molecular weight excluding hydrogens is 259 g/mol. The van der Waals surface area contributed by atoms with Gasteiger partial charge in [-0.05, 0) is 18.6 Å². The van der Waals surface area contributed by atoms with Crippen LogP contribution < -0.4 is 10.1 Å². The molecule has 0 aromatic heterocycles. The van der Waals surface area contributed by atoms with E-state index in [1.165, 1.54) is 0 Å². The van der Waals surface area contributed by atoms with E-state index in [0.717, 1.165) is 30.9 Å². The van der Waals surface area contributed by atoms with Crippen LogP contribution in [0, 0.1) is 0 Å². The van der Waals surface area contributed by atoms with Crippen molar-refractivity contribution in [3.8, 4) is 5.75 Å². The van der Waals surface area contributed by atoms with Gasteiger partial charge < -0.3 is 10.1 Å². The lowest BCUT2D eigenvalue weighted by Crippen LogP contribution is -2.19. The molecule has 1 aromatic rings. The van der Waals surface area contributed by atoms with Gasteiger partial charge in [0.15, 0.2) is 5.75 Å². The summed E-state index contributed by atoms with van der Waals surface area (Å²) in [6.07, 6.45) is 0.919. The van der Waals surface area contributed by atoms with E-state index in [1.807, 2.05) is 19.1 Å². The summed E-state index contributed by atoms with van der Waals surface area (Å²) in [5, 5.41) is 4.23. The number of aliphatic imine (C=N–C) groups is 1. The minimum Gasteiger partial charge on any atom is -0.490 e. The number of hydrogen-bond donors (Lipinski definition) is 1. The van der Waals surface area contributed by atoms with Crippen LogP contribution in [0.15, 0.2) is 17.1 Å². The molecule has 3 nitrogen and oxygen atoms in total. The predicted octanol–water partition coefficient (Wildman–Crippen LogP) is 3.13. The van der Waals surface area contributed by atoms with Crippen LogP contribution in [0.5, 0.6) is 5.75 Å². The van der Waals surface area contributed by atoms with Crippen molar-refractivity contribution in [1.29, 1.82) is 0 Å². The summed E-state index contributed by atoms with van der Waals surface area (Å²) in [5.41, 5.74) is 0.904. The molecule has 0 bridgehead atoms. The van der Waals surface area contributed by atoms with Crippen molar-refractivity contribution in [2.45, 2.75) is 13.3 Å². The van der Waals surface area contributed by atoms with Crippen LogP contribution in [0.2, 0.25) is 10.0 Å². The Morgan fingerprint density at radius 2 is 2.06 bits per heavy atom.